The molecule has 2 nitrogen and oxygen atoms in total. The molecule has 0 saturated carbocycles. The van der Waals surface area contributed by atoms with E-state index in [0.717, 1.165) is 5.57 Å². The van der Waals surface area contributed by atoms with Gasteiger partial charge < -0.3 is 5.32 Å². The standard InChI is InChI=1S/C10H12FNO/c1-8(13)12-7-9-3-2-4-10(11)6-5-9/h2-4,6H,5,7H2,1H3,(H,12,13). The van der Waals surface area contributed by atoms with Crippen LogP contribution >= 0.6 is 0 Å². The zero-order chi connectivity index (χ0) is 9.68. The average Bonchev–Trinajstić information content (AvgIpc) is 2.27. The molecule has 0 bridgehead atoms. The second kappa shape index (κ2) is 4.60. The Morgan fingerprint density at radius 1 is 1.69 bits per heavy atom. The summed E-state index contributed by atoms with van der Waals surface area (Å²) in [7, 11) is 0. The van der Waals surface area contributed by atoms with Gasteiger partial charge in [-0.2, -0.15) is 0 Å². The van der Waals surface area contributed by atoms with Crippen LogP contribution in [-0.2, 0) is 4.79 Å². The predicted octanol–water partition coefficient (Wildman–Crippen LogP) is 1.86. The molecule has 3 heteroatoms. The van der Waals surface area contributed by atoms with Gasteiger partial charge in [-0.15, -0.1) is 0 Å². The van der Waals surface area contributed by atoms with Crippen LogP contribution in [0.4, 0.5) is 4.39 Å². The van der Waals surface area contributed by atoms with E-state index in [4.69, 9.17) is 0 Å². The van der Waals surface area contributed by atoms with Gasteiger partial charge in [0.05, 0.1) is 0 Å². The third kappa shape index (κ3) is 3.69. The zero-order valence-electron chi connectivity index (χ0n) is 7.51. The van der Waals surface area contributed by atoms with E-state index in [9.17, 15) is 9.18 Å². The quantitative estimate of drug-likeness (QED) is 0.692. The lowest BCUT2D eigenvalue weighted by atomic mass is 10.2. The third-order valence-corrected chi connectivity index (χ3v) is 1.71. The van der Waals surface area contributed by atoms with E-state index in [1.165, 1.54) is 19.1 Å². The molecule has 0 aromatic rings. The van der Waals surface area contributed by atoms with Gasteiger partial charge in [0.2, 0.25) is 5.91 Å². The monoisotopic (exact) mass is 181 g/mol. The summed E-state index contributed by atoms with van der Waals surface area (Å²) < 4.78 is 12.7. The number of allylic oxidation sites excluding steroid dienone is 5. The van der Waals surface area contributed by atoms with Crippen molar-refractivity contribution in [2.24, 2.45) is 0 Å². The number of amides is 1. The largest absolute Gasteiger partial charge is 0.353 e. The second-order valence-electron chi connectivity index (χ2n) is 2.89. The first-order chi connectivity index (χ1) is 6.18. The number of hydrogen-bond acceptors (Lipinski definition) is 1. The second-order valence-corrected chi connectivity index (χ2v) is 2.89. The fourth-order valence-corrected chi connectivity index (χ4v) is 1.01. The summed E-state index contributed by atoms with van der Waals surface area (Å²) in [5.41, 5.74) is 0.999. The Kier molecular flexibility index (Phi) is 3.43. The average molecular weight is 181 g/mol. The minimum absolute atomic E-state index is 0.0708. The molecule has 0 unspecified atom stereocenters. The molecule has 1 amide bonds. The maximum atomic E-state index is 12.7. The van der Waals surface area contributed by atoms with E-state index in [1.807, 2.05) is 6.08 Å². The lowest BCUT2D eigenvalue weighted by molar-refractivity contribution is -0.118. The van der Waals surface area contributed by atoms with Crippen LogP contribution in [0.5, 0.6) is 0 Å². The van der Waals surface area contributed by atoms with Crippen LogP contribution in [0.1, 0.15) is 13.3 Å². The van der Waals surface area contributed by atoms with E-state index in [1.54, 1.807) is 6.08 Å². The van der Waals surface area contributed by atoms with Crippen LogP contribution in [0.25, 0.3) is 0 Å². The molecule has 0 saturated heterocycles. The Bertz CT molecular complexity index is 287. The van der Waals surface area contributed by atoms with Crippen molar-refractivity contribution in [2.45, 2.75) is 13.3 Å². The molecule has 0 fully saturated rings. The summed E-state index contributed by atoms with van der Waals surface area (Å²) in [4.78, 5) is 10.6. The van der Waals surface area contributed by atoms with Crippen molar-refractivity contribution in [1.82, 2.24) is 5.32 Å². The first-order valence-corrected chi connectivity index (χ1v) is 4.14. The molecule has 0 aromatic heterocycles. The fraction of sp³-hybridized carbons (Fsp3) is 0.300. The van der Waals surface area contributed by atoms with E-state index < -0.39 is 0 Å². The van der Waals surface area contributed by atoms with Gasteiger partial charge in [0.15, 0.2) is 0 Å². The maximum absolute atomic E-state index is 12.7. The normalized spacial score (nSPS) is 15.8. The zero-order valence-corrected chi connectivity index (χ0v) is 7.51. The third-order valence-electron chi connectivity index (χ3n) is 1.71. The number of carbonyl (C=O) groups excluding carboxylic acids is 1. The lowest BCUT2D eigenvalue weighted by Crippen LogP contribution is -2.22. The van der Waals surface area contributed by atoms with Crippen molar-refractivity contribution in [3.05, 3.63) is 35.7 Å². The van der Waals surface area contributed by atoms with Crippen LogP contribution in [0.3, 0.4) is 0 Å². The summed E-state index contributed by atoms with van der Waals surface area (Å²) in [6.45, 7) is 1.95. The molecule has 1 rings (SSSR count). The van der Waals surface area contributed by atoms with Crippen molar-refractivity contribution in [3.63, 3.8) is 0 Å². The Morgan fingerprint density at radius 3 is 3.15 bits per heavy atom. The molecule has 0 atom stereocenters. The smallest absolute Gasteiger partial charge is 0.217 e. The van der Waals surface area contributed by atoms with Gasteiger partial charge in [-0.1, -0.05) is 12.2 Å². The van der Waals surface area contributed by atoms with Crippen LogP contribution in [0, 0.1) is 0 Å². The summed E-state index contributed by atoms with van der Waals surface area (Å²) in [5.74, 6) is -0.298. The van der Waals surface area contributed by atoms with E-state index in [0.29, 0.717) is 13.0 Å². The van der Waals surface area contributed by atoms with Crippen molar-refractivity contribution in [1.29, 1.82) is 0 Å². The highest BCUT2D eigenvalue weighted by atomic mass is 19.1. The molecule has 0 spiro atoms. The van der Waals surface area contributed by atoms with E-state index in [-0.39, 0.29) is 11.7 Å². The van der Waals surface area contributed by atoms with Gasteiger partial charge in [-0.3, -0.25) is 4.79 Å². The van der Waals surface area contributed by atoms with Gasteiger partial charge in [0.25, 0.3) is 0 Å². The van der Waals surface area contributed by atoms with Crippen LogP contribution in [-0.4, -0.2) is 12.5 Å². The van der Waals surface area contributed by atoms with E-state index >= 15 is 0 Å². The topological polar surface area (TPSA) is 29.1 Å². The first kappa shape index (κ1) is 9.71. The predicted molar refractivity (Wildman–Crippen MR) is 49.7 cm³/mol. The number of hydrogen-bond donors (Lipinski definition) is 1. The number of nitrogens with one attached hydrogen (secondary N) is 1. The summed E-state index contributed by atoms with van der Waals surface area (Å²) >= 11 is 0. The van der Waals surface area contributed by atoms with Gasteiger partial charge in [-0.05, 0) is 24.1 Å². The number of carbonyl (C=O) groups is 1. The highest BCUT2D eigenvalue weighted by Gasteiger charge is 1.99. The minimum atomic E-state index is -0.228. The molecule has 0 aliphatic heterocycles. The van der Waals surface area contributed by atoms with Crippen molar-refractivity contribution in [2.75, 3.05) is 6.54 Å². The SMILES string of the molecule is CC(=O)NCC1=CC=CC(F)=CC1. The summed E-state index contributed by atoms with van der Waals surface area (Å²) in [6.07, 6.45) is 6.92. The Balaban J connectivity index is 2.48. The summed E-state index contributed by atoms with van der Waals surface area (Å²) in [5, 5.41) is 2.67. The van der Waals surface area contributed by atoms with E-state index in [2.05, 4.69) is 5.32 Å². The Morgan fingerprint density at radius 2 is 2.46 bits per heavy atom. The Labute approximate surface area is 76.8 Å². The Hall–Kier alpha value is -1.38. The van der Waals surface area contributed by atoms with Crippen molar-refractivity contribution < 1.29 is 9.18 Å². The molecule has 70 valence electrons. The highest BCUT2D eigenvalue weighted by molar-refractivity contribution is 5.73. The molecule has 0 heterocycles. The lowest BCUT2D eigenvalue weighted by Gasteiger charge is -2.03. The van der Waals surface area contributed by atoms with Crippen molar-refractivity contribution in [3.8, 4) is 0 Å². The first-order valence-electron chi connectivity index (χ1n) is 4.14. The van der Waals surface area contributed by atoms with Gasteiger partial charge in [-0.25, -0.2) is 4.39 Å². The van der Waals surface area contributed by atoms with Crippen molar-refractivity contribution >= 4 is 5.91 Å². The van der Waals surface area contributed by atoms with Crippen LogP contribution < -0.4 is 5.32 Å². The van der Waals surface area contributed by atoms with Crippen LogP contribution in [0.2, 0.25) is 0 Å². The molecule has 0 radical (unpaired) electrons. The molecular weight excluding hydrogens is 169 g/mol. The van der Waals surface area contributed by atoms with Gasteiger partial charge in [0, 0.05) is 13.5 Å². The molecule has 1 aliphatic rings. The molecular formula is C10H12FNO. The summed E-state index contributed by atoms with van der Waals surface area (Å²) in [6, 6.07) is 0. The van der Waals surface area contributed by atoms with Gasteiger partial charge in [0.1, 0.15) is 5.83 Å². The minimum Gasteiger partial charge on any atom is -0.353 e. The molecule has 1 N–H and O–H groups in total. The fourth-order valence-electron chi connectivity index (χ4n) is 1.01. The molecule has 13 heavy (non-hydrogen) atoms. The number of rotatable bonds is 2. The van der Waals surface area contributed by atoms with Crippen LogP contribution in [0.15, 0.2) is 35.7 Å². The maximum Gasteiger partial charge on any atom is 0.217 e. The molecule has 1 aliphatic carbocycles. The number of halogens is 1. The highest BCUT2D eigenvalue weighted by Crippen LogP contribution is 2.11. The van der Waals surface area contributed by atoms with Gasteiger partial charge >= 0.3 is 0 Å². The molecule has 0 aromatic carbocycles.